The van der Waals surface area contributed by atoms with Gasteiger partial charge in [0.15, 0.2) is 0 Å². The Bertz CT molecular complexity index is 1490. The average Bonchev–Trinajstić information content (AvgIpc) is 2.93. The fraction of sp³-hybridized carbons (Fsp3) is 0.0857. The molecule has 0 fully saturated rings. The number of benzene rings is 4. The third-order valence-corrected chi connectivity index (χ3v) is 6.23. The van der Waals surface area contributed by atoms with Crippen LogP contribution in [0.1, 0.15) is 47.2 Å². The zero-order chi connectivity index (χ0) is 26.4. The van der Waals surface area contributed by atoms with Gasteiger partial charge in [-0.1, -0.05) is 61.8 Å². The van der Waals surface area contributed by atoms with Crippen molar-refractivity contribution in [1.82, 2.24) is 0 Å². The number of hydrogen-bond donors (Lipinski definition) is 0. The molecule has 0 saturated carbocycles. The molecule has 2 heteroatoms. The lowest BCUT2D eigenvalue weighted by Crippen LogP contribution is -2.18. The third-order valence-electron chi connectivity index (χ3n) is 6.23. The maximum absolute atomic E-state index is 5.99. The minimum Gasteiger partial charge on any atom is -0.457 e. The summed E-state index contributed by atoms with van der Waals surface area (Å²) < 4.78 is 12.0. The molecule has 4 aromatic carbocycles. The second-order valence-electron chi connectivity index (χ2n) is 8.87. The maximum atomic E-state index is 5.99. The van der Waals surface area contributed by atoms with Crippen LogP contribution in [0.5, 0.6) is 23.0 Å². The first-order valence-electron chi connectivity index (χ1n) is 11.6. The van der Waals surface area contributed by atoms with E-state index in [4.69, 9.17) is 35.2 Å². The highest BCUT2D eigenvalue weighted by atomic mass is 16.5. The van der Waals surface area contributed by atoms with Gasteiger partial charge in [-0.05, 0) is 71.8 Å². The Morgan fingerprint density at radius 2 is 0.784 bits per heavy atom. The third kappa shape index (κ3) is 5.37. The maximum Gasteiger partial charge on any atom is 0.128 e. The van der Waals surface area contributed by atoms with Crippen LogP contribution in [0.25, 0.3) is 0 Å². The standard InChI is InChI=1S/C35H24O2/c1-7-25-11-17-33(23-27(25)9-3)36-31-19-13-29(14-20-31)35(5,6)30-15-21-32(22-16-30)37-34-18-12-26(8-2)28(10-4)24-34/h1-4,11-24H,5-6H3. The zero-order valence-electron chi connectivity index (χ0n) is 20.7. The summed E-state index contributed by atoms with van der Waals surface area (Å²) >= 11 is 0. The summed E-state index contributed by atoms with van der Waals surface area (Å²) in [5.41, 5.74) is 4.64. The number of ether oxygens (including phenoxy) is 2. The Balaban J connectivity index is 1.48. The fourth-order valence-electron chi connectivity index (χ4n) is 3.98. The van der Waals surface area contributed by atoms with Crippen LogP contribution < -0.4 is 9.47 Å². The van der Waals surface area contributed by atoms with Gasteiger partial charge < -0.3 is 9.47 Å². The van der Waals surface area contributed by atoms with Gasteiger partial charge in [0.1, 0.15) is 23.0 Å². The van der Waals surface area contributed by atoms with E-state index >= 15 is 0 Å². The molecular formula is C35H24O2. The smallest absolute Gasteiger partial charge is 0.128 e. The lowest BCUT2D eigenvalue weighted by molar-refractivity contribution is 0.481. The molecule has 0 heterocycles. The van der Waals surface area contributed by atoms with Gasteiger partial charge in [-0.25, -0.2) is 0 Å². The molecule has 0 saturated heterocycles. The summed E-state index contributed by atoms with van der Waals surface area (Å²) in [5, 5.41) is 0. The van der Waals surface area contributed by atoms with Gasteiger partial charge in [-0.2, -0.15) is 0 Å². The highest BCUT2D eigenvalue weighted by Gasteiger charge is 2.23. The van der Waals surface area contributed by atoms with Crippen molar-refractivity contribution < 1.29 is 9.47 Å². The molecule has 0 aromatic heterocycles. The molecule has 0 unspecified atom stereocenters. The van der Waals surface area contributed by atoms with Crippen LogP contribution in [0.4, 0.5) is 0 Å². The van der Waals surface area contributed by atoms with E-state index in [0.717, 1.165) is 11.1 Å². The molecule has 0 aliphatic rings. The van der Waals surface area contributed by atoms with Gasteiger partial charge in [0.2, 0.25) is 0 Å². The molecule has 0 aliphatic heterocycles. The normalized spacial score (nSPS) is 10.3. The fourth-order valence-corrected chi connectivity index (χ4v) is 3.98. The van der Waals surface area contributed by atoms with Crippen molar-refractivity contribution in [3.63, 3.8) is 0 Å². The molecule has 4 rings (SSSR count). The van der Waals surface area contributed by atoms with Crippen LogP contribution in [0.3, 0.4) is 0 Å². The predicted molar refractivity (Wildman–Crippen MR) is 150 cm³/mol. The average molecular weight is 477 g/mol. The van der Waals surface area contributed by atoms with Crippen LogP contribution >= 0.6 is 0 Å². The summed E-state index contributed by atoms with van der Waals surface area (Å²) in [5.74, 6) is 13.1. The van der Waals surface area contributed by atoms with E-state index in [1.54, 1.807) is 24.3 Å². The van der Waals surface area contributed by atoms with Gasteiger partial charge in [0.05, 0.1) is 0 Å². The van der Waals surface area contributed by atoms with Crippen LogP contribution in [0.2, 0.25) is 0 Å². The van der Waals surface area contributed by atoms with Crippen LogP contribution in [-0.4, -0.2) is 0 Å². The highest BCUT2D eigenvalue weighted by Crippen LogP contribution is 2.35. The van der Waals surface area contributed by atoms with Gasteiger partial charge >= 0.3 is 0 Å². The Kier molecular flexibility index (Phi) is 7.08. The largest absolute Gasteiger partial charge is 0.457 e. The Morgan fingerprint density at radius 1 is 0.459 bits per heavy atom. The van der Waals surface area contributed by atoms with E-state index in [1.165, 1.54) is 0 Å². The second kappa shape index (κ2) is 10.5. The van der Waals surface area contributed by atoms with Gasteiger partial charge in [-0.3, -0.25) is 0 Å². The van der Waals surface area contributed by atoms with Crippen molar-refractivity contribution in [3.05, 3.63) is 118 Å². The molecule has 0 amide bonds. The van der Waals surface area contributed by atoms with E-state index in [0.29, 0.717) is 45.3 Å². The summed E-state index contributed by atoms with van der Waals surface area (Å²) in [6, 6.07) is 26.8. The molecule has 0 N–H and O–H groups in total. The second-order valence-corrected chi connectivity index (χ2v) is 8.87. The van der Waals surface area contributed by atoms with E-state index in [-0.39, 0.29) is 5.41 Å². The van der Waals surface area contributed by atoms with E-state index in [2.05, 4.69) is 61.8 Å². The Labute approximate surface area is 219 Å². The first kappa shape index (κ1) is 24.8. The summed E-state index contributed by atoms with van der Waals surface area (Å²) in [6.07, 6.45) is 22.1. The van der Waals surface area contributed by atoms with Crippen molar-refractivity contribution in [2.24, 2.45) is 0 Å². The minimum absolute atomic E-state index is 0.243. The topological polar surface area (TPSA) is 18.5 Å². The minimum atomic E-state index is -0.243. The lowest BCUT2D eigenvalue weighted by atomic mass is 9.78. The molecule has 4 aromatic rings. The molecule has 2 nitrogen and oxygen atoms in total. The molecule has 37 heavy (non-hydrogen) atoms. The molecule has 0 spiro atoms. The Hall–Kier alpha value is -5.28. The monoisotopic (exact) mass is 476 g/mol. The van der Waals surface area contributed by atoms with Crippen molar-refractivity contribution in [3.8, 4) is 72.4 Å². The van der Waals surface area contributed by atoms with E-state index < -0.39 is 0 Å². The highest BCUT2D eigenvalue weighted by molar-refractivity contribution is 5.54. The molecule has 0 bridgehead atoms. The van der Waals surface area contributed by atoms with Crippen molar-refractivity contribution in [2.75, 3.05) is 0 Å². The molecule has 0 radical (unpaired) electrons. The van der Waals surface area contributed by atoms with Crippen molar-refractivity contribution in [1.29, 1.82) is 0 Å². The predicted octanol–water partition coefficient (Wildman–Crippen LogP) is 7.52. The molecule has 0 aliphatic carbocycles. The quantitative estimate of drug-likeness (QED) is 0.268. The lowest BCUT2D eigenvalue weighted by Gasteiger charge is -2.26. The number of terminal acetylenes is 4. The van der Waals surface area contributed by atoms with E-state index in [9.17, 15) is 0 Å². The van der Waals surface area contributed by atoms with E-state index in [1.807, 2.05) is 36.4 Å². The van der Waals surface area contributed by atoms with Crippen molar-refractivity contribution >= 4 is 0 Å². The van der Waals surface area contributed by atoms with Gasteiger partial charge in [-0.15, -0.1) is 25.7 Å². The molecule has 0 atom stereocenters. The first-order chi connectivity index (χ1) is 17.9. The van der Waals surface area contributed by atoms with Gasteiger partial charge in [0, 0.05) is 27.7 Å². The zero-order valence-corrected chi connectivity index (χ0v) is 20.7. The number of hydrogen-bond acceptors (Lipinski definition) is 2. The van der Waals surface area contributed by atoms with Gasteiger partial charge in [0.25, 0.3) is 0 Å². The van der Waals surface area contributed by atoms with Crippen LogP contribution in [-0.2, 0) is 5.41 Å². The molecule has 176 valence electrons. The summed E-state index contributed by atoms with van der Waals surface area (Å²) in [4.78, 5) is 0. The van der Waals surface area contributed by atoms with Crippen molar-refractivity contribution in [2.45, 2.75) is 19.3 Å². The first-order valence-corrected chi connectivity index (χ1v) is 11.6. The molecular weight excluding hydrogens is 452 g/mol. The van der Waals surface area contributed by atoms with Crippen LogP contribution in [0.15, 0.2) is 84.9 Å². The van der Waals surface area contributed by atoms with Crippen LogP contribution in [0, 0.1) is 49.4 Å². The Morgan fingerprint density at radius 3 is 1.11 bits per heavy atom. The SMILES string of the molecule is C#Cc1ccc(Oc2ccc(C(C)(C)c3ccc(Oc4ccc(C#C)c(C#C)c4)cc3)cc2)cc1C#C. The summed E-state index contributed by atoms with van der Waals surface area (Å²) in [7, 11) is 0. The number of rotatable bonds is 6. The summed E-state index contributed by atoms with van der Waals surface area (Å²) in [6.45, 7) is 4.35.